The Morgan fingerprint density at radius 2 is 1.71 bits per heavy atom. The molecule has 28 heavy (non-hydrogen) atoms. The number of hydrogen-bond donors (Lipinski definition) is 0. The zero-order valence-corrected chi connectivity index (χ0v) is 18.9. The molecule has 1 unspecified atom stereocenters. The smallest absolute Gasteiger partial charge is 0.104 e. The first-order chi connectivity index (χ1) is 13.1. The lowest BCUT2D eigenvalue weighted by Crippen LogP contribution is -2.40. The quantitative estimate of drug-likeness (QED) is 0.331. The van der Waals surface area contributed by atoms with Gasteiger partial charge in [-0.3, -0.25) is 0 Å². The second-order valence-corrected chi connectivity index (χ2v) is 11.1. The number of thioether (sulfide) groups is 1. The van der Waals surface area contributed by atoms with E-state index >= 15 is 0 Å². The van der Waals surface area contributed by atoms with Crippen LogP contribution in [0.5, 0.6) is 0 Å². The standard InChI is InChI=1S/C21H27NO3S3/c1-17(27-21(26)20-8-5-4-6-9-20)19-12-10-18(11-13-19)16-22(2,3)14-7-15-28(23,24)25/h4-6,8-13,17H,7,14-16H2,1-3H3. The van der Waals surface area contributed by atoms with Gasteiger partial charge in [0.25, 0.3) is 0 Å². The van der Waals surface area contributed by atoms with E-state index in [1.807, 2.05) is 44.4 Å². The number of hydrogen-bond acceptors (Lipinski definition) is 5. The van der Waals surface area contributed by atoms with Crippen LogP contribution in [0.15, 0.2) is 54.6 Å². The summed E-state index contributed by atoms with van der Waals surface area (Å²) in [6, 6.07) is 18.5. The van der Waals surface area contributed by atoms with Crippen molar-refractivity contribution in [1.82, 2.24) is 0 Å². The number of thiocarbonyl (C=S) groups is 1. The van der Waals surface area contributed by atoms with Crippen molar-refractivity contribution in [2.24, 2.45) is 0 Å². The summed E-state index contributed by atoms with van der Waals surface area (Å²) in [6.07, 6.45) is 0.377. The lowest BCUT2D eigenvalue weighted by Gasteiger charge is -2.30. The topological polar surface area (TPSA) is 57.2 Å². The Hall–Kier alpha value is -1.25. The van der Waals surface area contributed by atoms with Crippen LogP contribution in [0.2, 0.25) is 0 Å². The normalized spacial score (nSPS) is 13.3. The zero-order valence-electron chi connectivity index (χ0n) is 16.5. The summed E-state index contributed by atoms with van der Waals surface area (Å²) < 4.78 is 33.8. The van der Waals surface area contributed by atoms with Gasteiger partial charge in [0.2, 0.25) is 0 Å². The van der Waals surface area contributed by atoms with Crippen molar-refractivity contribution < 1.29 is 17.5 Å². The molecule has 0 aliphatic rings. The maximum Gasteiger partial charge on any atom is 0.104 e. The summed E-state index contributed by atoms with van der Waals surface area (Å²) in [7, 11) is -0.0500. The van der Waals surface area contributed by atoms with E-state index in [4.69, 9.17) is 12.2 Å². The second kappa shape index (κ2) is 9.98. The predicted octanol–water partition coefficient (Wildman–Crippen LogP) is 4.37. The molecule has 0 fully saturated rings. The predicted molar refractivity (Wildman–Crippen MR) is 120 cm³/mol. The summed E-state index contributed by atoms with van der Waals surface area (Å²) in [4.78, 5) is 0. The number of quaternary nitrogens is 1. The van der Waals surface area contributed by atoms with Gasteiger partial charge in [0.05, 0.1) is 35.0 Å². The van der Waals surface area contributed by atoms with E-state index in [1.165, 1.54) is 11.1 Å². The molecule has 2 rings (SSSR count). The van der Waals surface area contributed by atoms with Crippen LogP contribution in [-0.4, -0.2) is 48.0 Å². The largest absolute Gasteiger partial charge is 0.748 e. The van der Waals surface area contributed by atoms with E-state index in [0.717, 1.165) is 16.3 Å². The number of benzene rings is 2. The van der Waals surface area contributed by atoms with Gasteiger partial charge in [-0.15, -0.1) is 11.8 Å². The monoisotopic (exact) mass is 437 g/mol. The average molecular weight is 438 g/mol. The molecular formula is C21H27NO3S3. The molecule has 0 aromatic heterocycles. The third-order valence-corrected chi connectivity index (χ3v) is 6.90. The van der Waals surface area contributed by atoms with E-state index < -0.39 is 10.1 Å². The highest BCUT2D eigenvalue weighted by molar-refractivity contribution is 8.23. The van der Waals surface area contributed by atoms with Crippen molar-refractivity contribution >= 4 is 38.3 Å². The number of nitrogens with zero attached hydrogens (tertiary/aromatic N) is 1. The molecule has 0 bridgehead atoms. The van der Waals surface area contributed by atoms with Crippen molar-refractivity contribution in [3.63, 3.8) is 0 Å². The molecule has 0 saturated heterocycles. The molecule has 1 atom stereocenters. The highest BCUT2D eigenvalue weighted by Crippen LogP contribution is 2.32. The van der Waals surface area contributed by atoms with Gasteiger partial charge in [0.1, 0.15) is 6.54 Å². The molecule has 0 N–H and O–H groups in total. The van der Waals surface area contributed by atoms with Crippen molar-refractivity contribution in [2.45, 2.75) is 25.1 Å². The van der Waals surface area contributed by atoms with Crippen LogP contribution in [0.4, 0.5) is 0 Å². The van der Waals surface area contributed by atoms with Gasteiger partial charge >= 0.3 is 0 Å². The van der Waals surface area contributed by atoms with E-state index in [9.17, 15) is 13.0 Å². The molecule has 0 heterocycles. The van der Waals surface area contributed by atoms with E-state index in [2.05, 4.69) is 31.2 Å². The van der Waals surface area contributed by atoms with E-state index in [-0.39, 0.29) is 11.0 Å². The molecule has 0 aliphatic carbocycles. The molecule has 2 aromatic carbocycles. The first-order valence-corrected chi connectivity index (χ1v) is 12.0. The van der Waals surface area contributed by atoms with Gasteiger partial charge in [-0.25, -0.2) is 8.42 Å². The average Bonchev–Trinajstić information content (AvgIpc) is 2.61. The number of rotatable bonds is 9. The van der Waals surface area contributed by atoms with Crippen LogP contribution in [0.1, 0.15) is 35.3 Å². The van der Waals surface area contributed by atoms with Crippen LogP contribution in [-0.2, 0) is 16.7 Å². The molecule has 4 nitrogen and oxygen atoms in total. The zero-order chi connectivity index (χ0) is 20.8. The van der Waals surface area contributed by atoms with Gasteiger partial charge < -0.3 is 9.04 Å². The Morgan fingerprint density at radius 1 is 1.11 bits per heavy atom. The molecule has 0 amide bonds. The maximum atomic E-state index is 10.8. The van der Waals surface area contributed by atoms with Gasteiger partial charge in [-0.1, -0.05) is 66.8 Å². The van der Waals surface area contributed by atoms with Crippen molar-refractivity contribution in [3.8, 4) is 0 Å². The molecule has 0 spiro atoms. The summed E-state index contributed by atoms with van der Waals surface area (Å²) in [6.45, 7) is 3.57. The third kappa shape index (κ3) is 8.01. The Kier molecular flexibility index (Phi) is 8.21. The van der Waals surface area contributed by atoms with Crippen LogP contribution in [0, 0.1) is 0 Å². The van der Waals surface area contributed by atoms with Gasteiger partial charge in [0.15, 0.2) is 0 Å². The minimum absolute atomic E-state index is 0.256. The minimum atomic E-state index is -4.14. The van der Waals surface area contributed by atoms with Crippen molar-refractivity contribution in [3.05, 3.63) is 71.3 Å². The SMILES string of the molecule is CC(SC(=S)c1ccccc1)c1ccc(C[N+](C)(C)CCCS(=O)(=O)[O-])cc1. The summed E-state index contributed by atoms with van der Waals surface area (Å²) in [5, 5.41) is 0.256. The molecule has 0 saturated carbocycles. The summed E-state index contributed by atoms with van der Waals surface area (Å²) >= 11 is 7.24. The molecular weight excluding hydrogens is 410 g/mol. The van der Waals surface area contributed by atoms with Gasteiger partial charge in [-0.05, 0) is 18.1 Å². The van der Waals surface area contributed by atoms with E-state index in [0.29, 0.717) is 17.4 Å². The maximum absolute atomic E-state index is 10.8. The summed E-state index contributed by atoms with van der Waals surface area (Å²) in [5.74, 6) is -0.302. The molecule has 152 valence electrons. The Labute approximate surface area is 178 Å². The molecule has 2 aromatic rings. The fourth-order valence-corrected chi connectivity index (χ4v) is 4.95. The first-order valence-electron chi connectivity index (χ1n) is 9.16. The van der Waals surface area contributed by atoms with Crippen LogP contribution < -0.4 is 0 Å². The molecule has 0 radical (unpaired) electrons. The fraction of sp³-hybridized carbons (Fsp3) is 0.381. The highest BCUT2D eigenvalue weighted by atomic mass is 32.2. The Bertz CT molecular complexity index is 879. The lowest BCUT2D eigenvalue weighted by atomic mass is 10.1. The molecule has 7 heteroatoms. The van der Waals surface area contributed by atoms with E-state index in [1.54, 1.807) is 11.8 Å². The van der Waals surface area contributed by atoms with Crippen LogP contribution >= 0.6 is 24.0 Å². The van der Waals surface area contributed by atoms with Crippen molar-refractivity contribution in [1.29, 1.82) is 0 Å². The second-order valence-electron chi connectivity index (χ2n) is 7.59. The third-order valence-electron chi connectivity index (χ3n) is 4.51. The highest BCUT2D eigenvalue weighted by Gasteiger charge is 2.17. The summed E-state index contributed by atoms with van der Waals surface area (Å²) in [5.41, 5.74) is 3.47. The first kappa shape index (κ1) is 23.0. The van der Waals surface area contributed by atoms with Gasteiger partial charge in [-0.2, -0.15) is 0 Å². The van der Waals surface area contributed by atoms with Crippen LogP contribution in [0.3, 0.4) is 0 Å². The van der Waals surface area contributed by atoms with Gasteiger partial charge in [0, 0.05) is 23.0 Å². The lowest BCUT2D eigenvalue weighted by molar-refractivity contribution is -0.903. The molecule has 0 aliphatic heterocycles. The Morgan fingerprint density at radius 3 is 2.29 bits per heavy atom. The Balaban J connectivity index is 1.92. The minimum Gasteiger partial charge on any atom is -0.748 e. The van der Waals surface area contributed by atoms with Crippen molar-refractivity contribution in [2.75, 3.05) is 26.4 Å². The fourth-order valence-electron chi connectivity index (χ4n) is 3.01. The van der Waals surface area contributed by atoms with Crippen LogP contribution in [0.25, 0.3) is 0 Å².